The maximum atomic E-state index is 5.22. The molecule has 0 aliphatic heterocycles. The van der Waals surface area contributed by atoms with Crippen LogP contribution in [-0.2, 0) is 6.54 Å². The van der Waals surface area contributed by atoms with Crippen LogP contribution in [0.25, 0.3) is 11.3 Å². The van der Waals surface area contributed by atoms with E-state index in [1.54, 1.807) is 7.11 Å². The summed E-state index contributed by atoms with van der Waals surface area (Å²) in [5.41, 5.74) is 5.93. The van der Waals surface area contributed by atoms with Gasteiger partial charge in [0.2, 0.25) is 0 Å². The number of aromatic amines is 1. The van der Waals surface area contributed by atoms with Crippen LogP contribution in [0.5, 0.6) is 5.75 Å². The van der Waals surface area contributed by atoms with Gasteiger partial charge < -0.3 is 10.1 Å². The highest BCUT2D eigenvalue weighted by Crippen LogP contribution is 2.24. The van der Waals surface area contributed by atoms with Crippen LogP contribution in [-0.4, -0.2) is 17.3 Å². The van der Waals surface area contributed by atoms with Gasteiger partial charge in [0.05, 0.1) is 19.0 Å². The fourth-order valence-corrected chi connectivity index (χ4v) is 2.90. The first-order chi connectivity index (χ1) is 11.7. The molecule has 1 heterocycles. The number of nitrogens with zero attached hydrogens (tertiary/aromatic N) is 1. The molecular weight excluding hydrogens is 298 g/mol. The van der Waals surface area contributed by atoms with Gasteiger partial charge in [-0.25, -0.2) is 0 Å². The molecule has 3 aromatic rings. The molecule has 124 valence electrons. The van der Waals surface area contributed by atoms with Crippen molar-refractivity contribution in [3.8, 4) is 17.0 Å². The standard InChI is InChI=1S/C20H23N3O/c1-14-6-4-5-7-19(14)15(2)21-12-17-13-22-23-20(17)16-8-10-18(24-3)11-9-16/h4-11,13,15,21H,12H2,1-3H3,(H,22,23)/t15-/m0/s1. The molecule has 0 amide bonds. The monoisotopic (exact) mass is 321 g/mol. The number of H-pyrrole nitrogens is 1. The predicted molar refractivity (Wildman–Crippen MR) is 97.0 cm³/mol. The van der Waals surface area contributed by atoms with E-state index in [0.717, 1.165) is 29.1 Å². The second-order valence-corrected chi connectivity index (χ2v) is 5.96. The lowest BCUT2D eigenvalue weighted by atomic mass is 10.0. The van der Waals surface area contributed by atoms with Crippen LogP contribution >= 0.6 is 0 Å². The van der Waals surface area contributed by atoms with Crippen LogP contribution < -0.4 is 10.1 Å². The summed E-state index contributed by atoms with van der Waals surface area (Å²) in [5, 5.41) is 10.9. The molecule has 0 radical (unpaired) electrons. The molecule has 1 atom stereocenters. The topological polar surface area (TPSA) is 49.9 Å². The van der Waals surface area contributed by atoms with Crippen molar-refractivity contribution in [2.75, 3.05) is 7.11 Å². The maximum Gasteiger partial charge on any atom is 0.118 e. The van der Waals surface area contributed by atoms with E-state index in [1.165, 1.54) is 11.1 Å². The Bertz CT molecular complexity index is 793. The molecule has 0 bridgehead atoms. The normalized spacial score (nSPS) is 12.1. The minimum Gasteiger partial charge on any atom is -0.497 e. The number of benzene rings is 2. The molecular formula is C20H23N3O. The van der Waals surface area contributed by atoms with E-state index in [-0.39, 0.29) is 6.04 Å². The Kier molecular flexibility index (Phi) is 4.96. The van der Waals surface area contributed by atoms with E-state index in [4.69, 9.17) is 4.74 Å². The summed E-state index contributed by atoms with van der Waals surface area (Å²) in [4.78, 5) is 0. The molecule has 4 nitrogen and oxygen atoms in total. The van der Waals surface area contributed by atoms with Crippen molar-refractivity contribution in [2.45, 2.75) is 26.4 Å². The third-order valence-electron chi connectivity index (χ3n) is 4.35. The number of methoxy groups -OCH3 is 1. The number of rotatable bonds is 6. The van der Waals surface area contributed by atoms with Crippen molar-refractivity contribution < 1.29 is 4.74 Å². The van der Waals surface area contributed by atoms with Gasteiger partial charge in [0.1, 0.15) is 5.75 Å². The summed E-state index contributed by atoms with van der Waals surface area (Å²) in [6.07, 6.45) is 1.89. The van der Waals surface area contributed by atoms with Crippen molar-refractivity contribution in [1.29, 1.82) is 0 Å². The van der Waals surface area contributed by atoms with Gasteiger partial charge in [-0.2, -0.15) is 5.10 Å². The van der Waals surface area contributed by atoms with E-state index in [0.29, 0.717) is 0 Å². The molecule has 1 aromatic heterocycles. The summed E-state index contributed by atoms with van der Waals surface area (Å²) in [5.74, 6) is 0.853. The minimum absolute atomic E-state index is 0.282. The zero-order valence-electron chi connectivity index (χ0n) is 14.3. The molecule has 0 aliphatic carbocycles. The van der Waals surface area contributed by atoms with Crippen LogP contribution in [0.1, 0.15) is 29.7 Å². The fourth-order valence-electron chi connectivity index (χ4n) is 2.90. The molecule has 3 rings (SSSR count). The first-order valence-electron chi connectivity index (χ1n) is 8.14. The van der Waals surface area contributed by atoms with Crippen LogP contribution in [0.4, 0.5) is 0 Å². The van der Waals surface area contributed by atoms with Crippen LogP contribution in [0.2, 0.25) is 0 Å². The number of hydrogen-bond donors (Lipinski definition) is 2. The average Bonchev–Trinajstić information content (AvgIpc) is 3.08. The lowest BCUT2D eigenvalue weighted by Crippen LogP contribution is -2.19. The summed E-state index contributed by atoms with van der Waals surface area (Å²) in [6.45, 7) is 5.09. The Balaban J connectivity index is 1.72. The SMILES string of the molecule is COc1ccc(-c2[nH]ncc2CN[C@@H](C)c2ccccc2C)cc1. The van der Waals surface area contributed by atoms with Crippen molar-refractivity contribution in [1.82, 2.24) is 15.5 Å². The fraction of sp³-hybridized carbons (Fsp3) is 0.250. The lowest BCUT2D eigenvalue weighted by Gasteiger charge is -2.16. The molecule has 2 N–H and O–H groups in total. The number of nitrogens with one attached hydrogen (secondary N) is 2. The molecule has 0 saturated heterocycles. The molecule has 0 fully saturated rings. The van der Waals surface area contributed by atoms with Crippen molar-refractivity contribution in [3.63, 3.8) is 0 Å². The Morgan fingerprint density at radius 3 is 2.58 bits per heavy atom. The first kappa shape index (κ1) is 16.3. The largest absolute Gasteiger partial charge is 0.497 e. The number of hydrogen-bond acceptors (Lipinski definition) is 3. The summed E-state index contributed by atoms with van der Waals surface area (Å²) < 4.78 is 5.22. The minimum atomic E-state index is 0.282. The Morgan fingerprint density at radius 1 is 1.12 bits per heavy atom. The molecule has 24 heavy (non-hydrogen) atoms. The Morgan fingerprint density at radius 2 is 1.88 bits per heavy atom. The maximum absolute atomic E-state index is 5.22. The summed E-state index contributed by atoms with van der Waals surface area (Å²) in [7, 11) is 1.67. The number of ether oxygens (including phenoxy) is 1. The van der Waals surface area contributed by atoms with E-state index in [1.807, 2.05) is 30.5 Å². The lowest BCUT2D eigenvalue weighted by molar-refractivity contribution is 0.415. The van der Waals surface area contributed by atoms with Gasteiger partial charge in [0.25, 0.3) is 0 Å². The van der Waals surface area contributed by atoms with Crippen LogP contribution in [0.15, 0.2) is 54.7 Å². The third kappa shape index (κ3) is 3.49. The van der Waals surface area contributed by atoms with Gasteiger partial charge in [-0.15, -0.1) is 0 Å². The molecule has 0 spiro atoms. The van der Waals surface area contributed by atoms with Crippen molar-refractivity contribution in [3.05, 3.63) is 71.4 Å². The zero-order valence-corrected chi connectivity index (χ0v) is 14.3. The molecule has 2 aromatic carbocycles. The van der Waals surface area contributed by atoms with E-state index in [9.17, 15) is 0 Å². The van der Waals surface area contributed by atoms with Gasteiger partial charge in [-0.05, 0) is 49.2 Å². The van der Waals surface area contributed by atoms with Gasteiger partial charge in [-0.1, -0.05) is 24.3 Å². The highest BCUT2D eigenvalue weighted by atomic mass is 16.5. The van der Waals surface area contributed by atoms with Gasteiger partial charge in [0.15, 0.2) is 0 Å². The quantitative estimate of drug-likeness (QED) is 0.714. The Hall–Kier alpha value is -2.59. The predicted octanol–water partition coefficient (Wildman–Crippen LogP) is 4.24. The number of aromatic nitrogens is 2. The smallest absolute Gasteiger partial charge is 0.118 e. The first-order valence-corrected chi connectivity index (χ1v) is 8.14. The highest BCUT2D eigenvalue weighted by Gasteiger charge is 2.11. The van der Waals surface area contributed by atoms with Crippen LogP contribution in [0.3, 0.4) is 0 Å². The second kappa shape index (κ2) is 7.32. The molecule has 4 heteroatoms. The number of aryl methyl sites for hydroxylation is 1. The van der Waals surface area contributed by atoms with Crippen LogP contribution in [0, 0.1) is 6.92 Å². The van der Waals surface area contributed by atoms with Crippen molar-refractivity contribution in [2.24, 2.45) is 0 Å². The van der Waals surface area contributed by atoms with E-state index in [2.05, 4.69) is 53.6 Å². The summed E-state index contributed by atoms with van der Waals surface area (Å²) >= 11 is 0. The zero-order chi connectivity index (χ0) is 16.9. The van der Waals surface area contributed by atoms with E-state index >= 15 is 0 Å². The second-order valence-electron chi connectivity index (χ2n) is 5.96. The average molecular weight is 321 g/mol. The molecule has 0 saturated carbocycles. The van der Waals surface area contributed by atoms with E-state index < -0.39 is 0 Å². The molecule has 0 aliphatic rings. The Labute approximate surface area is 142 Å². The summed E-state index contributed by atoms with van der Waals surface area (Å²) in [6, 6.07) is 16.8. The molecule has 0 unspecified atom stereocenters. The van der Waals surface area contributed by atoms with Gasteiger partial charge in [0, 0.05) is 23.7 Å². The van der Waals surface area contributed by atoms with Gasteiger partial charge >= 0.3 is 0 Å². The van der Waals surface area contributed by atoms with Crippen molar-refractivity contribution >= 4 is 0 Å². The highest BCUT2D eigenvalue weighted by molar-refractivity contribution is 5.63. The van der Waals surface area contributed by atoms with Gasteiger partial charge in [-0.3, -0.25) is 5.10 Å². The third-order valence-corrected chi connectivity index (χ3v) is 4.35.